The van der Waals surface area contributed by atoms with E-state index in [-0.39, 0.29) is 18.8 Å². The van der Waals surface area contributed by atoms with Crippen molar-refractivity contribution in [3.63, 3.8) is 0 Å². The highest BCUT2D eigenvalue weighted by atomic mass is 79.9. The van der Waals surface area contributed by atoms with Gasteiger partial charge >= 0.3 is 6.03 Å². The fourth-order valence-corrected chi connectivity index (χ4v) is 3.64. The van der Waals surface area contributed by atoms with Gasteiger partial charge in [-0.1, -0.05) is 35.9 Å². The maximum absolute atomic E-state index is 12.4. The average Bonchev–Trinajstić information content (AvgIpc) is 2.96. The predicted octanol–water partition coefficient (Wildman–Crippen LogP) is 5.16. The van der Waals surface area contributed by atoms with Crippen molar-refractivity contribution in [3.05, 3.63) is 75.4 Å². The van der Waals surface area contributed by atoms with Crippen LogP contribution in [0.15, 0.2) is 59.2 Å². The lowest BCUT2D eigenvalue weighted by Gasteiger charge is -2.15. The molecule has 1 heterocycles. The predicted molar refractivity (Wildman–Crippen MR) is 120 cm³/mol. The van der Waals surface area contributed by atoms with Crippen LogP contribution in [0, 0.1) is 0 Å². The Labute approximate surface area is 188 Å². The molecule has 0 aromatic heterocycles. The van der Waals surface area contributed by atoms with Crippen LogP contribution in [0.2, 0.25) is 5.02 Å². The maximum Gasteiger partial charge on any atom is 0.329 e. The first-order chi connectivity index (χ1) is 14.4. The van der Waals surface area contributed by atoms with Crippen molar-refractivity contribution in [2.75, 3.05) is 13.2 Å². The summed E-state index contributed by atoms with van der Waals surface area (Å²) in [7, 11) is 0. The number of hydrogen-bond donors (Lipinski definition) is 1. The molecule has 2 aromatic carbocycles. The number of amides is 3. The van der Waals surface area contributed by atoms with E-state index in [0.29, 0.717) is 33.2 Å². The summed E-state index contributed by atoms with van der Waals surface area (Å²) in [6.07, 6.45) is 3.09. The normalized spacial score (nSPS) is 14.8. The van der Waals surface area contributed by atoms with Gasteiger partial charge in [0, 0.05) is 17.1 Å². The van der Waals surface area contributed by atoms with Crippen molar-refractivity contribution in [3.8, 4) is 11.5 Å². The highest BCUT2D eigenvalue weighted by Gasteiger charge is 2.32. The van der Waals surface area contributed by atoms with Gasteiger partial charge in [0.1, 0.15) is 12.3 Å². The van der Waals surface area contributed by atoms with Crippen LogP contribution in [0.1, 0.15) is 18.1 Å². The Kier molecular flexibility index (Phi) is 7.18. The molecule has 6 nitrogen and oxygen atoms in total. The summed E-state index contributed by atoms with van der Waals surface area (Å²) in [6.45, 7) is 6.27. The van der Waals surface area contributed by atoms with Crippen LogP contribution < -0.4 is 14.8 Å². The maximum atomic E-state index is 12.4. The second kappa shape index (κ2) is 9.82. The standard InChI is InChI=1S/C22H20BrClN2O4/c1-3-9-26-21(27)18(25-22(26)28)11-14-10-16(23)20(19(12-14)29-4-2)30-13-15-7-5-6-8-17(15)24/h3,5-8,10-12H,1,4,9,13H2,2H3,(H,25,28)/b18-11+. The molecule has 0 radical (unpaired) electrons. The van der Waals surface area contributed by atoms with E-state index in [9.17, 15) is 9.59 Å². The fourth-order valence-electron chi connectivity index (χ4n) is 2.87. The highest BCUT2D eigenvalue weighted by molar-refractivity contribution is 9.10. The summed E-state index contributed by atoms with van der Waals surface area (Å²) < 4.78 is 12.3. The number of carbonyl (C=O) groups is 2. The van der Waals surface area contributed by atoms with E-state index >= 15 is 0 Å². The number of hydrogen-bond acceptors (Lipinski definition) is 4. The topological polar surface area (TPSA) is 67.9 Å². The summed E-state index contributed by atoms with van der Waals surface area (Å²) >= 11 is 9.71. The minimum atomic E-state index is -0.477. The molecular weight excluding hydrogens is 472 g/mol. The van der Waals surface area contributed by atoms with E-state index in [1.165, 1.54) is 6.08 Å². The first kappa shape index (κ1) is 21.9. The van der Waals surface area contributed by atoms with Crippen LogP contribution in [-0.2, 0) is 11.4 Å². The summed E-state index contributed by atoms with van der Waals surface area (Å²) in [4.78, 5) is 25.4. The second-order valence-corrected chi connectivity index (χ2v) is 7.60. The van der Waals surface area contributed by atoms with Crippen LogP contribution in [-0.4, -0.2) is 30.0 Å². The quantitative estimate of drug-likeness (QED) is 0.315. The minimum Gasteiger partial charge on any atom is -0.490 e. The Morgan fingerprint density at radius 1 is 1.23 bits per heavy atom. The molecule has 30 heavy (non-hydrogen) atoms. The molecule has 2 aromatic rings. The van der Waals surface area contributed by atoms with Crippen molar-refractivity contribution in [1.29, 1.82) is 0 Å². The lowest BCUT2D eigenvalue weighted by molar-refractivity contribution is -0.122. The summed E-state index contributed by atoms with van der Waals surface area (Å²) in [5.74, 6) is 0.618. The fraction of sp³-hybridized carbons (Fsp3) is 0.182. The lowest BCUT2D eigenvalue weighted by atomic mass is 10.1. The van der Waals surface area contributed by atoms with Gasteiger partial charge in [-0.2, -0.15) is 0 Å². The van der Waals surface area contributed by atoms with Crippen molar-refractivity contribution in [2.24, 2.45) is 0 Å². The number of carbonyl (C=O) groups excluding carboxylic acids is 2. The molecule has 0 spiro atoms. The lowest BCUT2D eigenvalue weighted by Crippen LogP contribution is -2.30. The molecule has 0 aliphatic carbocycles. The van der Waals surface area contributed by atoms with Gasteiger partial charge in [-0.15, -0.1) is 6.58 Å². The number of rotatable bonds is 8. The van der Waals surface area contributed by atoms with Crippen LogP contribution in [0.3, 0.4) is 0 Å². The molecule has 0 atom stereocenters. The monoisotopic (exact) mass is 490 g/mol. The van der Waals surface area contributed by atoms with E-state index in [1.807, 2.05) is 25.1 Å². The van der Waals surface area contributed by atoms with Crippen molar-refractivity contribution in [1.82, 2.24) is 10.2 Å². The number of nitrogens with zero attached hydrogens (tertiary/aromatic N) is 1. The summed E-state index contributed by atoms with van der Waals surface area (Å²) in [5.41, 5.74) is 1.70. The van der Waals surface area contributed by atoms with Crippen molar-refractivity contribution < 1.29 is 19.1 Å². The molecule has 1 aliphatic heterocycles. The molecule has 1 saturated heterocycles. The number of imide groups is 1. The molecule has 3 amide bonds. The van der Waals surface area contributed by atoms with Crippen LogP contribution in [0.4, 0.5) is 4.79 Å². The van der Waals surface area contributed by atoms with E-state index in [4.69, 9.17) is 21.1 Å². The molecule has 0 saturated carbocycles. The van der Waals surface area contributed by atoms with Gasteiger partial charge in [0.2, 0.25) is 0 Å². The van der Waals surface area contributed by atoms with E-state index in [0.717, 1.165) is 10.5 Å². The van der Waals surface area contributed by atoms with Crippen molar-refractivity contribution in [2.45, 2.75) is 13.5 Å². The smallest absolute Gasteiger partial charge is 0.329 e. The highest BCUT2D eigenvalue weighted by Crippen LogP contribution is 2.38. The first-order valence-electron chi connectivity index (χ1n) is 9.22. The Morgan fingerprint density at radius 2 is 2.00 bits per heavy atom. The van der Waals surface area contributed by atoms with Crippen LogP contribution >= 0.6 is 27.5 Å². The van der Waals surface area contributed by atoms with Crippen molar-refractivity contribution >= 4 is 45.5 Å². The summed E-state index contributed by atoms with van der Waals surface area (Å²) in [6, 6.07) is 10.5. The molecule has 3 rings (SSSR count). The molecular formula is C22H20BrClN2O4. The Bertz CT molecular complexity index is 1020. The van der Waals surface area contributed by atoms with E-state index in [2.05, 4.69) is 27.8 Å². The second-order valence-electron chi connectivity index (χ2n) is 6.34. The molecule has 1 fully saturated rings. The number of ether oxygens (including phenoxy) is 2. The van der Waals surface area contributed by atoms with Gasteiger partial charge in [0.15, 0.2) is 11.5 Å². The van der Waals surface area contributed by atoms with Gasteiger partial charge in [-0.05, 0) is 52.7 Å². The van der Waals surface area contributed by atoms with E-state index in [1.54, 1.807) is 24.3 Å². The van der Waals surface area contributed by atoms with Crippen LogP contribution in [0.5, 0.6) is 11.5 Å². The van der Waals surface area contributed by atoms with Gasteiger partial charge in [0.25, 0.3) is 5.91 Å². The Hall–Kier alpha value is -2.77. The largest absolute Gasteiger partial charge is 0.490 e. The third-order valence-corrected chi connectivity index (χ3v) is 5.20. The minimum absolute atomic E-state index is 0.144. The number of urea groups is 1. The van der Waals surface area contributed by atoms with Gasteiger partial charge in [-0.3, -0.25) is 9.69 Å². The average molecular weight is 492 g/mol. The first-order valence-corrected chi connectivity index (χ1v) is 10.4. The molecule has 0 unspecified atom stereocenters. The molecule has 0 bridgehead atoms. The molecule has 1 aliphatic rings. The van der Waals surface area contributed by atoms with Gasteiger partial charge in [-0.25, -0.2) is 4.79 Å². The summed E-state index contributed by atoms with van der Waals surface area (Å²) in [5, 5.41) is 3.19. The third kappa shape index (κ3) is 4.86. The number of benzene rings is 2. The Morgan fingerprint density at radius 3 is 2.70 bits per heavy atom. The zero-order valence-corrected chi connectivity index (χ0v) is 18.6. The van der Waals surface area contributed by atoms with Gasteiger partial charge < -0.3 is 14.8 Å². The SMILES string of the molecule is C=CCN1C(=O)N/C(=C/c2cc(Br)c(OCc3ccccc3Cl)c(OCC)c2)C1=O. The van der Waals surface area contributed by atoms with Crippen LogP contribution in [0.25, 0.3) is 6.08 Å². The molecule has 156 valence electrons. The molecule has 8 heteroatoms. The third-order valence-electron chi connectivity index (χ3n) is 4.25. The zero-order valence-electron chi connectivity index (χ0n) is 16.3. The number of halogens is 2. The number of nitrogens with one attached hydrogen (secondary N) is 1. The van der Waals surface area contributed by atoms with E-state index < -0.39 is 11.9 Å². The molecule has 1 N–H and O–H groups in total. The zero-order chi connectivity index (χ0) is 21.7. The Balaban J connectivity index is 1.88. The van der Waals surface area contributed by atoms with Gasteiger partial charge in [0.05, 0.1) is 11.1 Å².